The van der Waals surface area contributed by atoms with Gasteiger partial charge in [0.1, 0.15) is 5.76 Å². The number of benzene rings is 1. The van der Waals surface area contributed by atoms with Gasteiger partial charge in [0, 0.05) is 11.8 Å². The lowest BCUT2D eigenvalue weighted by Gasteiger charge is -2.14. The minimum atomic E-state index is -0.838. The van der Waals surface area contributed by atoms with Crippen LogP contribution in [0.2, 0.25) is 0 Å². The molecule has 28 heavy (non-hydrogen) atoms. The number of pyridine rings is 1. The minimum Gasteiger partial charge on any atom is -0.465 e. The van der Waals surface area contributed by atoms with Crippen LogP contribution in [0.15, 0.2) is 47.1 Å². The summed E-state index contributed by atoms with van der Waals surface area (Å²) >= 11 is 0. The van der Waals surface area contributed by atoms with Crippen molar-refractivity contribution >= 4 is 34.5 Å². The van der Waals surface area contributed by atoms with Crippen molar-refractivity contribution in [3.05, 3.63) is 65.2 Å². The van der Waals surface area contributed by atoms with E-state index in [1.165, 1.54) is 0 Å². The number of rotatable bonds is 3. The molecule has 1 aromatic carbocycles. The predicted octanol–water partition coefficient (Wildman–Crippen LogP) is 3.79. The summed E-state index contributed by atoms with van der Waals surface area (Å²) in [6, 6.07) is 11.2. The standard InChI is InChI=1S/C22H17NO5/c24-21-18(9-11-27-21)28-22(25)19-15-5-1-2-6-17(15)23-20-13(7-8-16(19)20)12-14-4-3-10-26-14/h1-6,10,12,18H,7-9,11H2/b13-12+/t18-/m1/s1. The Morgan fingerprint density at radius 1 is 1.18 bits per heavy atom. The second kappa shape index (κ2) is 6.64. The van der Waals surface area contributed by atoms with E-state index < -0.39 is 18.0 Å². The first-order valence-corrected chi connectivity index (χ1v) is 9.24. The molecule has 1 atom stereocenters. The van der Waals surface area contributed by atoms with E-state index in [1.807, 2.05) is 42.5 Å². The van der Waals surface area contributed by atoms with Gasteiger partial charge in [0.2, 0.25) is 6.10 Å². The minimum absolute atomic E-state index is 0.280. The number of carbonyl (C=O) groups is 2. The maximum atomic E-state index is 13.0. The largest absolute Gasteiger partial charge is 0.465 e. The Morgan fingerprint density at radius 2 is 2.07 bits per heavy atom. The van der Waals surface area contributed by atoms with Crippen molar-refractivity contribution < 1.29 is 23.5 Å². The highest BCUT2D eigenvalue weighted by Gasteiger charge is 2.33. The molecule has 2 aliphatic rings. The second-order valence-electron chi connectivity index (χ2n) is 6.87. The topological polar surface area (TPSA) is 78.6 Å². The van der Waals surface area contributed by atoms with Gasteiger partial charge in [0.25, 0.3) is 0 Å². The van der Waals surface area contributed by atoms with E-state index in [-0.39, 0.29) is 6.61 Å². The quantitative estimate of drug-likeness (QED) is 0.648. The van der Waals surface area contributed by atoms with Gasteiger partial charge in [-0.25, -0.2) is 14.6 Å². The number of carbonyl (C=O) groups excluding carboxylic acids is 2. The van der Waals surface area contributed by atoms with Crippen LogP contribution in [0.25, 0.3) is 22.6 Å². The summed E-state index contributed by atoms with van der Waals surface area (Å²) in [6.45, 7) is 0.280. The maximum absolute atomic E-state index is 13.0. The Bertz CT molecular complexity index is 1110. The van der Waals surface area contributed by atoms with Gasteiger partial charge in [-0.1, -0.05) is 18.2 Å². The number of cyclic esters (lactones) is 1. The van der Waals surface area contributed by atoms with Crippen LogP contribution in [0, 0.1) is 0 Å². The van der Waals surface area contributed by atoms with Gasteiger partial charge in [-0.2, -0.15) is 0 Å². The molecule has 3 aromatic rings. The van der Waals surface area contributed by atoms with Crippen molar-refractivity contribution in [1.29, 1.82) is 0 Å². The lowest BCUT2D eigenvalue weighted by molar-refractivity contribution is -0.145. The van der Waals surface area contributed by atoms with Crippen LogP contribution in [-0.2, 0) is 20.7 Å². The van der Waals surface area contributed by atoms with Crippen LogP contribution in [0.1, 0.15) is 40.2 Å². The first kappa shape index (κ1) is 16.7. The zero-order chi connectivity index (χ0) is 19.1. The smallest absolute Gasteiger partial charge is 0.347 e. The summed E-state index contributed by atoms with van der Waals surface area (Å²) < 4.78 is 15.8. The van der Waals surface area contributed by atoms with E-state index in [0.717, 1.165) is 39.9 Å². The first-order valence-electron chi connectivity index (χ1n) is 9.24. The van der Waals surface area contributed by atoms with E-state index in [1.54, 1.807) is 6.26 Å². The zero-order valence-corrected chi connectivity index (χ0v) is 15.0. The third-order valence-corrected chi connectivity index (χ3v) is 5.14. The van der Waals surface area contributed by atoms with Crippen LogP contribution in [0.3, 0.4) is 0 Å². The van der Waals surface area contributed by atoms with E-state index in [0.29, 0.717) is 18.4 Å². The lowest BCUT2D eigenvalue weighted by atomic mass is 10.0. The van der Waals surface area contributed by atoms with Crippen molar-refractivity contribution in [1.82, 2.24) is 4.98 Å². The lowest BCUT2D eigenvalue weighted by Crippen LogP contribution is -2.23. The Hall–Kier alpha value is -3.41. The molecule has 0 unspecified atom stereocenters. The number of ether oxygens (including phenoxy) is 2. The average molecular weight is 375 g/mol. The van der Waals surface area contributed by atoms with Crippen molar-refractivity contribution in [2.24, 2.45) is 0 Å². The molecule has 0 bridgehead atoms. The maximum Gasteiger partial charge on any atom is 0.347 e. The number of aromatic nitrogens is 1. The fraction of sp³-hybridized carbons (Fsp3) is 0.227. The van der Waals surface area contributed by atoms with Gasteiger partial charge in [-0.15, -0.1) is 0 Å². The van der Waals surface area contributed by atoms with Gasteiger partial charge >= 0.3 is 11.9 Å². The zero-order valence-electron chi connectivity index (χ0n) is 15.0. The third kappa shape index (κ3) is 2.78. The van der Waals surface area contributed by atoms with Crippen LogP contribution >= 0.6 is 0 Å². The molecule has 1 saturated heterocycles. The summed E-state index contributed by atoms with van der Waals surface area (Å²) in [6.07, 6.45) is 4.56. The van der Waals surface area contributed by atoms with Crippen molar-refractivity contribution in [2.75, 3.05) is 6.61 Å². The fourth-order valence-electron chi connectivity index (χ4n) is 3.83. The number of esters is 2. The molecular formula is C22H17NO5. The van der Waals surface area contributed by atoms with E-state index >= 15 is 0 Å². The number of furan rings is 1. The van der Waals surface area contributed by atoms with Crippen molar-refractivity contribution in [3.8, 4) is 0 Å². The first-order chi connectivity index (χ1) is 13.7. The number of para-hydroxylation sites is 1. The molecule has 1 fully saturated rings. The van der Waals surface area contributed by atoms with E-state index in [4.69, 9.17) is 18.9 Å². The normalized spacial score (nSPS) is 19.8. The van der Waals surface area contributed by atoms with Crippen LogP contribution in [-0.4, -0.2) is 29.6 Å². The predicted molar refractivity (Wildman–Crippen MR) is 101 cm³/mol. The molecular weight excluding hydrogens is 358 g/mol. The third-order valence-electron chi connectivity index (χ3n) is 5.14. The highest BCUT2D eigenvalue weighted by Crippen LogP contribution is 2.38. The summed E-state index contributed by atoms with van der Waals surface area (Å²) in [5, 5.41) is 0.733. The van der Waals surface area contributed by atoms with Crippen LogP contribution < -0.4 is 0 Å². The van der Waals surface area contributed by atoms with Gasteiger partial charge in [-0.05, 0) is 48.3 Å². The van der Waals surface area contributed by atoms with Gasteiger partial charge in [0.15, 0.2) is 0 Å². The van der Waals surface area contributed by atoms with Gasteiger partial charge in [0.05, 0.1) is 29.6 Å². The summed E-state index contributed by atoms with van der Waals surface area (Å²) in [5.41, 5.74) is 3.87. The molecule has 140 valence electrons. The van der Waals surface area contributed by atoms with Gasteiger partial charge < -0.3 is 13.9 Å². The highest BCUT2D eigenvalue weighted by atomic mass is 16.6. The molecule has 0 spiro atoms. The molecule has 3 heterocycles. The monoisotopic (exact) mass is 375 g/mol. The van der Waals surface area contributed by atoms with Crippen molar-refractivity contribution in [3.63, 3.8) is 0 Å². The fourth-order valence-corrected chi connectivity index (χ4v) is 3.83. The molecule has 0 radical (unpaired) electrons. The molecule has 1 aliphatic heterocycles. The van der Waals surface area contributed by atoms with Crippen molar-refractivity contribution in [2.45, 2.75) is 25.4 Å². The summed E-state index contributed by atoms with van der Waals surface area (Å²) in [4.78, 5) is 29.6. The Labute approximate surface area is 160 Å². The number of hydrogen-bond acceptors (Lipinski definition) is 6. The Morgan fingerprint density at radius 3 is 2.86 bits per heavy atom. The van der Waals surface area contributed by atoms with E-state index in [9.17, 15) is 9.59 Å². The van der Waals surface area contributed by atoms with Crippen LogP contribution in [0.4, 0.5) is 0 Å². The van der Waals surface area contributed by atoms with Gasteiger partial charge in [-0.3, -0.25) is 0 Å². The van der Waals surface area contributed by atoms with Crippen LogP contribution in [0.5, 0.6) is 0 Å². The average Bonchev–Trinajstić information content (AvgIpc) is 3.44. The Balaban J connectivity index is 1.62. The molecule has 0 saturated carbocycles. The number of fused-ring (bicyclic) bond motifs is 2. The second-order valence-corrected chi connectivity index (χ2v) is 6.87. The summed E-state index contributed by atoms with van der Waals surface area (Å²) in [5.74, 6) is -0.240. The summed E-state index contributed by atoms with van der Waals surface area (Å²) in [7, 11) is 0. The molecule has 6 nitrogen and oxygen atoms in total. The SMILES string of the molecule is O=C(O[C@@H]1CCOC1=O)c1c2c(nc3ccccc13)/C(=C/c1ccco1)CC2. The molecule has 0 amide bonds. The molecule has 1 aliphatic carbocycles. The molecule has 6 heteroatoms. The highest BCUT2D eigenvalue weighted by molar-refractivity contribution is 6.07. The van der Waals surface area contributed by atoms with E-state index in [2.05, 4.69) is 0 Å². The molecule has 2 aromatic heterocycles. The molecule has 5 rings (SSSR count). The number of nitrogens with zero attached hydrogens (tertiary/aromatic N) is 1. The number of allylic oxidation sites excluding steroid dienone is 1. The number of hydrogen-bond donors (Lipinski definition) is 0. The molecule has 0 N–H and O–H groups in total. The Kier molecular flexibility index (Phi) is 3.97.